The third-order valence-corrected chi connectivity index (χ3v) is 6.22. The van der Waals surface area contributed by atoms with Gasteiger partial charge in [0.2, 0.25) is 10.0 Å². The molecular formula is C15H21N3O3S. The van der Waals surface area contributed by atoms with Crippen LogP contribution in [-0.2, 0) is 14.8 Å². The first-order chi connectivity index (χ1) is 10.4. The Hall–Kier alpha value is -1.46. The van der Waals surface area contributed by atoms with Crippen LogP contribution in [-0.4, -0.2) is 45.1 Å². The highest BCUT2D eigenvalue weighted by molar-refractivity contribution is 7.89. The molecule has 0 spiro atoms. The molecule has 1 aliphatic heterocycles. The van der Waals surface area contributed by atoms with Crippen molar-refractivity contribution in [3.05, 3.63) is 29.3 Å². The second-order valence-corrected chi connectivity index (χ2v) is 7.34. The number of piperidine rings is 1. The van der Waals surface area contributed by atoms with E-state index < -0.39 is 10.0 Å². The number of nitriles is 1. The van der Waals surface area contributed by atoms with Crippen molar-refractivity contribution < 1.29 is 13.2 Å². The van der Waals surface area contributed by atoms with Crippen molar-refractivity contribution in [2.75, 3.05) is 20.2 Å². The first kappa shape index (κ1) is 16.9. The third kappa shape index (κ3) is 3.15. The molecule has 1 aromatic rings. The van der Waals surface area contributed by atoms with Crippen molar-refractivity contribution in [1.82, 2.24) is 4.31 Å². The molecule has 1 fully saturated rings. The quantitative estimate of drug-likeness (QED) is 0.891. The van der Waals surface area contributed by atoms with Gasteiger partial charge in [-0.25, -0.2) is 8.42 Å². The minimum atomic E-state index is -3.67. The lowest BCUT2D eigenvalue weighted by molar-refractivity contribution is 0.0401. The Balaban J connectivity index is 2.40. The minimum absolute atomic E-state index is 0.0338. The van der Waals surface area contributed by atoms with Crippen LogP contribution >= 0.6 is 0 Å². The van der Waals surface area contributed by atoms with Crippen molar-refractivity contribution in [1.29, 1.82) is 5.26 Å². The van der Waals surface area contributed by atoms with Gasteiger partial charge in [0.1, 0.15) is 0 Å². The fourth-order valence-electron chi connectivity index (χ4n) is 2.81. The predicted octanol–water partition coefficient (Wildman–Crippen LogP) is 0.994. The monoisotopic (exact) mass is 323 g/mol. The summed E-state index contributed by atoms with van der Waals surface area (Å²) in [5.74, 6) is 0. The number of hydrogen-bond acceptors (Lipinski definition) is 5. The fourth-order valence-corrected chi connectivity index (χ4v) is 4.72. The molecule has 0 saturated carbocycles. The number of aryl methyl sites for hydroxylation is 1. The zero-order chi connectivity index (χ0) is 16.3. The largest absolute Gasteiger partial charge is 0.381 e. The summed E-state index contributed by atoms with van der Waals surface area (Å²) in [5.41, 5.74) is 6.73. The van der Waals surface area contributed by atoms with Gasteiger partial charge in [0.25, 0.3) is 0 Å². The van der Waals surface area contributed by atoms with Crippen LogP contribution in [0, 0.1) is 18.3 Å². The van der Waals surface area contributed by atoms with Gasteiger partial charge in [-0.3, -0.25) is 0 Å². The summed E-state index contributed by atoms with van der Waals surface area (Å²) in [7, 11) is -2.04. The maximum absolute atomic E-state index is 13.0. The van der Waals surface area contributed by atoms with Crippen LogP contribution in [0.4, 0.5) is 0 Å². The summed E-state index contributed by atoms with van der Waals surface area (Å²) in [6, 6.07) is 6.41. The van der Waals surface area contributed by atoms with Crippen LogP contribution < -0.4 is 5.73 Å². The number of ether oxygens (including phenoxy) is 1. The number of nitrogens with two attached hydrogens (primary N) is 1. The van der Waals surface area contributed by atoms with Crippen molar-refractivity contribution in [3.8, 4) is 6.07 Å². The van der Waals surface area contributed by atoms with E-state index in [1.807, 2.05) is 6.07 Å². The molecule has 1 heterocycles. The van der Waals surface area contributed by atoms with Crippen molar-refractivity contribution in [3.63, 3.8) is 0 Å². The van der Waals surface area contributed by atoms with E-state index in [0.29, 0.717) is 30.5 Å². The molecule has 0 aromatic heterocycles. The first-order valence-electron chi connectivity index (χ1n) is 7.19. The first-order valence-corrected chi connectivity index (χ1v) is 8.63. The zero-order valence-corrected chi connectivity index (χ0v) is 13.6. The smallest absolute Gasteiger partial charge is 0.243 e. The van der Waals surface area contributed by atoms with Crippen molar-refractivity contribution in [2.24, 2.45) is 5.73 Å². The molecule has 0 aliphatic carbocycles. The average Bonchev–Trinajstić information content (AvgIpc) is 2.54. The molecule has 1 aromatic carbocycles. The molecule has 120 valence electrons. The Morgan fingerprint density at radius 3 is 2.82 bits per heavy atom. The summed E-state index contributed by atoms with van der Waals surface area (Å²) in [4.78, 5) is 0.181. The van der Waals surface area contributed by atoms with E-state index in [0.717, 1.165) is 0 Å². The Kier molecular flexibility index (Phi) is 5.19. The molecule has 1 saturated heterocycles. The lowest BCUT2D eigenvalue weighted by atomic mass is 10.0. The molecule has 0 bridgehead atoms. The molecule has 2 unspecified atom stereocenters. The predicted molar refractivity (Wildman–Crippen MR) is 82.7 cm³/mol. The fraction of sp³-hybridized carbons (Fsp3) is 0.533. The van der Waals surface area contributed by atoms with Gasteiger partial charge in [0.15, 0.2) is 0 Å². The third-order valence-electron chi connectivity index (χ3n) is 4.12. The van der Waals surface area contributed by atoms with E-state index in [4.69, 9.17) is 15.7 Å². The van der Waals surface area contributed by atoms with Crippen LogP contribution in [0.3, 0.4) is 0 Å². The van der Waals surface area contributed by atoms with Crippen molar-refractivity contribution in [2.45, 2.75) is 36.8 Å². The summed E-state index contributed by atoms with van der Waals surface area (Å²) < 4.78 is 32.7. The minimum Gasteiger partial charge on any atom is -0.381 e. The van der Waals surface area contributed by atoms with E-state index in [-0.39, 0.29) is 23.6 Å². The maximum Gasteiger partial charge on any atom is 0.243 e. The normalized spacial score (nSPS) is 23.2. The number of benzene rings is 1. The highest BCUT2D eigenvalue weighted by atomic mass is 32.2. The Morgan fingerprint density at radius 2 is 2.23 bits per heavy atom. The van der Waals surface area contributed by atoms with Crippen LogP contribution in [0.5, 0.6) is 0 Å². The number of hydrogen-bond donors (Lipinski definition) is 1. The summed E-state index contributed by atoms with van der Waals surface area (Å²) in [5, 5.41) is 9.00. The molecule has 0 amide bonds. The molecule has 1 aliphatic rings. The molecule has 7 heteroatoms. The Bertz CT molecular complexity index is 682. The van der Waals surface area contributed by atoms with Gasteiger partial charge in [-0.15, -0.1) is 0 Å². The van der Waals surface area contributed by atoms with Gasteiger partial charge in [-0.05, 0) is 37.5 Å². The van der Waals surface area contributed by atoms with E-state index in [9.17, 15) is 8.42 Å². The zero-order valence-electron chi connectivity index (χ0n) is 12.8. The van der Waals surface area contributed by atoms with E-state index in [2.05, 4.69) is 0 Å². The van der Waals surface area contributed by atoms with E-state index >= 15 is 0 Å². The number of sulfonamides is 1. The Labute approximate surface area is 131 Å². The molecule has 2 N–H and O–H groups in total. The maximum atomic E-state index is 13.0. The summed E-state index contributed by atoms with van der Waals surface area (Å²) in [6.45, 7) is 2.35. The van der Waals surface area contributed by atoms with Gasteiger partial charge >= 0.3 is 0 Å². The molecule has 2 atom stereocenters. The van der Waals surface area contributed by atoms with Crippen molar-refractivity contribution >= 4 is 10.0 Å². The van der Waals surface area contributed by atoms with Gasteiger partial charge in [0.05, 0.1) is 22.6 Å². The number of rotatable bonds is 4. The number of nitrogens with zero attached hydrogens (tertiary/aromatic N) is 2. The summed E-state index contributed by atoms with van der Waals surface area (Å²) >= 11 is 0. The Morgan fingerprint density at radius 1 is 1.50 bits per heavy atom. The summed E-state index contributed by atoms with van der Waals surface area (Å²) in [6.07, 6.45) is 1.26. The highest BCUT2D eigenvalue weighted by Gasteiger charge is 2.36. The van der Waals surface area contributed by atoms with Crippen LogP contribution in [0.25, 0.3) is 0 Å². The van der Waals surface area contributed by atoms with Gasteiger partial charge < -0.3 is 10.5 Å². The van der Waals surface area contributed by atoms with Gasteiger partial charge in [-0.1, -0.05) is 6.07 Å². The molecule has 22 heavy (non-hydrogen) atoms. The van der Waals surface area contributed by atoms with Crippen LogP contribution in [0.2, 0.25) is 0 Å². The molecular weight excluding hydrogens is 302 g/mol. The second-order valence-electron chi connectivity index (χ2n) is 5.48. The van der Waals surface area contributed by atoms with Crippen LogP contribution in [0.15, 0.2) is 23.1 Å². The second kappa shape index (κ2) is 6.75. The van der Waals surface area contributed by atoms with E-state index in [1.165, 1.54) is 10.4 Å². The molecule has 2 rings (SSSR count). The lowest BCUT2D eigenvalue weighted by Crippen LogP contribution is -2.51. The van der Waals surface area contributed by atoms with Gasteiger partial charge in [0, 0.05) is 26.2 Å². The lowest BCUT2D eigenvalue weighted by Gasteiger charge is -2.37. The average molecular weight is 323 g/mol. The topological polar surface area (TPSA) is 96.4 Å². The van der Waals surface area contributed by atoms with Crippen LogP contribution in [0.1, 0.15) is 24.0 Å². The van der Waals surface area contributed by atoms with E-state index in [1.54, 1.807) is 26.2 Å². The number of methoxy groups -OCH3 is 1. The SMILES string of the molecule is COC1CCN(S(=O)(=O)c2cc(C#N)ccc2C)C(CN)C1. The molecule has 6 nitrogen and oxygen atoms in total. The van der Waals surface area contributed by atoms with Gasteiger partial charge in [-0.2, -0.15) is 9.57 Å². The molecule has 0 radical (unpaired) electrons. The highest BCUT2D eigenvalue weighted by Crippen LogP contribution is 2.28. The standard InChI is InChI=1S/C15H21N3O3S/c1-11-3-4-12(9-16)7-15(11)22(19,20)18-6-5-14(21-2)8-13(18)10-17/h3-4,7,13-14H,5-6,8,10,17H2,1-2H3.